The minimum atomic E-state index is -0.500. The van der Waals surface area contributed by atoms with Gasteiger partial charge < -0.3 is 9.64 Å². The number of likely N-dealkylation sites (tertiary alicyclic amines) is 1. The molecule has 180 valence electrons. The molecule has 0 aromatic heterocycles. The molecule has 0 saturated carbocycles. The fourth-order valence-corrected chi connectivity index (χ4v) is 3.78. The summed E-state index contributed by atoms with van der Waals surface area (Å²) in [6.07, 6.45) is 3.17. The summed E-state index contributed by atoms with van der Waals surface area (Å²) in [5.74, 6) is -0.899. The lowest BCUT2D eigenvalue weighted by Gasteiger charge is -2.17. The Balaban J connectivity index is 1.45. The van der Waals surface area contributed by atoms with Crippen LogP contribution in [0.25, 0.3) is 0 Å². The van der Waals surface area contributed by atoms with Crippen molar-refractivity contribution in [2.24, 2.45) is 5.92 Å². The normalized spacial score (nSPS) is 15.0. The molecule has 9 heteroatoms. The lowest BCUT2D eigenvalue weighted by molar-refractivity contribution is -0.129. The van der Waals surface area contributed by atoms with E-state index in [-0.39, 0.29) is 23.3 Å². The monoisotopic (exact) mass is 482 g/mol. The van der Waals surface area contributed by atoms with Gasteiger partial charge in [0.25, 0.3) is 5.91 Å². The number of hydrazine groups is 1. The second-order valence-corrected chi connectivity index (χ2v) is 8.52. The number of para-hydroxylation sites is 1. The van der Waals surface area contributed by atoms with Crippen molar-refractivity contribution in [3.05, 3.63) is 65.7 Å². The number of nitrogens with one attached hydrogen (secondary N) is 3. The number of hydrogen-bond donors (Lipinski definition) is 3. The van der Waals surface area contributed by atoms with Gasteiger partial charge in [0.05, 0.1) is 18.1 Å². The van der Waals surface area contributed by atoms with E-state index in [0.29, 0.717) is 31.0 Å². The summed E-state index contributed by atoms with van der Waals surface area (Å²) >= 11 is 5.15. The Hall–Kier alpha value is -3.46. The van der Waals surface area contributed by atoms with E-state index in [1.54, 1.807) is 29.2 Å². The fourth-order valence-electron chi connectivity index (χ4n) is 3.64. The number of carbonyl (C=O) groups is 3. The van der Waals surface area contributed by atoms with Crippen molar-refractivity contribution in [3.63, 3.8) is 0 Å². The molecule has 0 spiro atoms. The Labute approximate surface area is 205 Å². The molecule has 3 rings (SSSR count). The van der Waals surface area contributed by atoms with Gasteiger partial charge in [-0.15, -0.1) is 0 Å². The molecule has 0 radical (unpaired) electrons. The third kappa shape index (κ3) is 7.28. The van der Waals surface area contributed by atoms with Crippen LogP contribution in [0.1, 0.15) is 48.5 Å². The van der Waals surface area contributed by atoms with Crippen LogP contribution in [0.2, 0.25) is 0 Å². The molecule has 2 aromatic rings. The Morgan fingerprint density at radius 1 is 1.06 bits per heavy atom. The average molecular weight is 483 g/mol. The highest BCUT2D eigenvalue weighted by atomic mass is 32.1. The molecule has 1 unspecified atom stereocenters. The second-order valence-electron chi connectivity index (χ2n) is 8.11. The molecule has 1 saturated heterocycles. The van der Waals surface area contributed by atoms with Crippen molar-refractivity contribution in [2.75, 3.05) is 13.2 Å². The molecule has 1 atom stereocenters. The molecule has 1 aliphatic rings. The van der Waals surface area contributed by atoms with Gasteiger partial charge >= 0.3 is 0 Å². The van der Waals surface area contributed by atoms with Crippen LogP contribution in [0.15, 0.2) is 54.6 Å². The third-order valence-corrected chi connectivity index (χ3v) is 5.67. The Bertz CT molecular complexity index is 1010. The van der Waals surface area contributed by atoms with E-state index < -0.39 is 11.8 Å². The highest BCUT2D eigenvalue weighted by Crippen LogP contribution is 2.20. The predicted molar refractivity (Wildman–Crippen MR) is 133 cm³/mol. The first-order chi connectivity index (χ1) is 16.5. The predicted octanol–water partition coefficient (Wildman–Crippen LogP) is 2.94. The first kappa shape index (κ1) is 25.2. The van der Waals surface area contributed by atoms with Crippen LogP contribution in [-0.2, 0) is 16.1 Å². The summed E-state index contributed by atoms with van der Waals surface area (Å²) in [6.45, 7) is 3.42. The van der Waals surface area contributed by atoms with Crippen LogP contribution in [0.5, 0.6) is 5.75 Å². The van der Waals surface area contributed by atoms with E-state index in [1.165, 1.54) is 0 Å². The minimum Gasteiger partial charge on any atom is -0.493 e. The number of rotatable bonds is 9. The van der Waals surface area contributed by atoms with Crippen molar-refractivity contribution in [1.29, 1.82) is 0 Å². The third-order valence-electron chi connectivity index (χ3n) is 5.46. The van der Waals surface area contributed by atoms with E-state index in [1.807, 2.05) is 30.3 Å². The van der Waals surface area contributed by atoms with Gasteiger partial charge in [0.2, 0.25) is 11.8 Å². The molecule has 1 heterocycles. The van der Waals surface area contributed by atoms with Gasteiger partial charge in [0.1, 0.15) is 5.75 Å². The maximum absolute atomic E-state index is 12.6. The standard InChI is InChI=1S/C25H30N4O4S/c1-2-3-9-14-33-21-13-8-7-12-20(21)24(32)26-25(34)28-27-23(31)19-15-22(30)29(17-19)16-18-10-5-4-6-11-18/h4-8,10-13,19H,2-3,9,14-17H2,1H3,(H,27,31)(H2,26,28,32,34). The molecule has 8 nitrogen and oxygen atoms in total. The van der Waals surface area contributed by atoms with Gasteiger partial charge in [-0.3, -0.25) is 30.6 Å². The summed E-state index contributed by atoms with van der Waals surface area (Å²) in [5.41, 5.74) is 6.40. The van der Waals surface area contributed by atoms with Crippen LogP contribution >= 0.6 is 12.2 Å². The zero-order chi connectivity index (χ0) is 24.3. The summed E-state index contributed by atoms with van der Waals surface area (Å²) < 4.78 is 5.74. The second kappa shape index (κ2) is 12.7. The molecule has 1 aliphatic heterocycles. The molecule has 34 heavy (non-hydrogen) atoms. The largest absolute Gasteiger partial charge is 0.493 e. The van der Waals surface area contributed by atoms with Gasteiger partial charge in [-0.2, -0.15) is 0 Å². The van der Waals surface area contributed by atoms with Crippen LogP contribution in [0, 0.1) is 5.92 Å². The molecule has 1 fully saturated rings. The topological polar surface area (TPSA) is 99.8 Å². The van der Waals surface area contributed by atoms with E-state index in [2.05, 4.69) is 23.1 Å². The molecule has 0 aliphatic carbocycles. The number of ether oxygens (including phenoxy) is 1. The van der Waals surface area contributed by atoms with Crippen molar-refractivity contribution in [2.45, 2.75) is 39.2 Å². The van der Waals surface area contributed by atoms with Crippen LogP contribution in [0.3, 0.4) is 0 Å². The zero-order valence-electron chi connectivity index (χ0n) is 19.2. The summed E-state index contributed by atoms with van der Waals surface area (Å²) in [7, 11) is 0. The number of hydrogen-bond acceptors (Lipinski definition) is 5. The summed E-state index contributed by atoms with van der Waals surface area (Å²) in [4.78, 5) is 39.1. The van der Waals surface area contributed by atoms with Crippen LogP contribution in [0.4, 0.5) is 0 Å². The molecule has 3 N–H and O–H groups in total. The molecule has 3 amide bonds. The number of benzene rings is 2. The van der Waals surface area contributed by atoms with Crippen molar-refractivity contribution in [3.8, 4) is 5.75 Å². The van der Waals surface area contributed by atoms with Crippen molar-refractivity contribution in [1.82, 2.24) is 21.1 Å². The molecular weight excluding hydrogens is 452 g/mol. The van der Waals surface area contributed by atoms with Gasteiger partial charge in [0.15, 0.2) is 5.11 Å². The highest BCUT2D eigenvalue weighted by molar-refractivity contribution is 7.80. The van der Waals surface area contributed by atoms with Gasteiger partial charge in [0, 0.05) is 19.5 Å². The fraction of sp³-hybridized carbons (Fsp3) is 0.360. The number of carbonyl (C=O) groups excluding carboxylic acids is 3. The zero-order valence-corrected chi connectivity index (χ0v) is 20.0. The lowest BCUT2D eigenvalue weighted by atomic mass is 10.1. The maximum Gasteiger partial charge on any atom is 0.261 e. The van der Waals surface area contributed by atoms with Gasteiger partial charge in [-0.1, -0.05) is 62.2 Å². The molecule has 2 aromatic carbocycles. The summed E-state index contributed by atoms with van der Waals surface area (Å²) in [5, 5.41) is 2.49. The Morgan fingerprint density at radius 2 is 1.79 bits per heavy atom. The SMILES string of the molecule is CCCCCOc1ccccc1C(=O)NC(=S)NNC(=O)C1CC(=O)N(Cc2ccccc2)C1. The number of amides is 3. The maximum atomic E-state index is 12.6. The average Bonchev–Trinajstić information content (AvgIpc) is 3.21. The van der Waals surface area contributed by atoms with Gasteiger partial charge in [-0.25, -0.2) is 0 Å². The number of unbranched alkanes of at least 4 members (excludes halogenated alkanes) is 2. The van der Waals surface area contributed by atoms with Gasteiger partial charge in [-0.05, 0) is 36.3 Å². The van der Waals surface area contributed by atoms with Crippen LogP contribution in [-0.4, -0.2) is 40.9 Å². The van der Waals surface area contributed by atoms with E-state index in [0.717, 1.165) is 24.8 Å². The van der Waals surface area contributed by atoms with Crippen LogP contribution < -0.4 is 20.9 Å². The number of nitrogens with zero attached hydrogens (tertiary/aromatic N) is 1. The lowest BCUT2D eigenvalue weighted by Crippen LogP contribution is -2.50. The molecule has 0 bridgehead atoms. The quantitative estimate of drug-likeness (QED) is 0.289. The first-order valence-corrected chi connectivity index (χ1v) is 11.8. The molecular formula is C25H30N4O4S. The minimum absolute atomic E-state index is 0.0513. The first-order valence-electron chi connectivity index (χ1n) is 11.4. The smallest absolute Gasteiger partial charge is 0.261 e. The van der Waals surface area contributed by atoms with E-state index in [9.17, 15) is 14.4 Å². The summed E-state index contributed by atoms with van der Waals surface area (Å²) in [6, 6.07) is 16.5. The van der Waals surface area contributed by atoms with Crippen molar-refractivity contribution < 1.29 is 19.1 Å². The highest BCUT2D eigenvalue weighted by Gasteiger charge is 2.34. The van der Waals surface area contributed by atoms with E-state index in [4.69, 9.17) is 17.0 Å². The van der Waals surface area contributed by atoms with Crippen molar-refractivity contribution >= 4 is 35.1 Å². The number of thiocarbonyl (C=S) groups is 1. The Kier molecular flexibility index (Phi) is 9.40. The Morgan fingerprint density at radius 3 is 2.56 bits per heavy atom. The van der Waals surface area contributed by atoms with E-state index >= 15 is 0 Å².